The maximum Gasteiger partial charge on any atom is 0.309 e. The van der Waals surface area contributed by atoms with Crippen molar-refractivity contribution in [1.82, 2.24) is 0 Å². The van der Waals surface area contributed by atoms with Gasteiger partial charge in [0.2, 0.25) is 0 Å². The van der Waals surface area contributed by atoms with Crippen molar-refractivity contribution in [2.24, 2.45) is 0 Å². The lowest BCUT2D eigenvalue weighted by atomic mass is 10.1. The maximum absolute atomic E-state index is 12.8. The van der Waals surface area contributed by atoms with Crippen LogP contribution in [0.4, 0.5) is 3.89 Å². The summed E-state index contributed by atoms with van der Waals surface area (Å²) < 4.78 is 39.5. The Morgan fingerprint density at radius 1 is 1.47 bits per heavy atom. The third-order valence-corrected chi connectivity index (χ3v) is 3.72. The lowest BCUT2D eigenvalue weighted by Crippen LogP contribution is -2.04. The predicted molar refractivity (Wildman–Crippen MR) is 54.1 cm³/mol. The first-order valence-corrected chi connectivity index (χ1v) is 6.12. The van der Waals surface area contributed by atoms with Crippen LogP contribution in [0, 0.1) is 0 Å². The number of benzene rings is 1. The summed E-state index contributed by atoms with van der Waals surface area (Å²) in [5.41, 5.74) is 1.42. The van der Waals surface area contributed by atoms with Gasteiger partial charge in [0.15, 0.2) is 0 Å². The number of halogens is 1. The molecule has 82 valence electrons. The zero-order valence-corrected chi connectivity index (χ0v) is 9.05. The van der Waals surface area contributed by atoms with Gasteiger partial charge in [0, 0.05) is 6.42 Å². The van der Waals surface area contributed by atoms with E-state index in [1.165, 1.54) is 6.92 Å². The smallest absolute Gasteiger partial charge is 0.309 e. The molecule has 1 aliphatic rings. The second kappa shape index (κ2) is 3.48. The largest absolute Gasteiger partial charge is 0.493 e. The van der Waals surface area contributed by atoms with Gasteiger partial charge in [0.1, 0.15) is 11.0 Å². The number of fused-ring (bicyclic) bond motifs is 1. The molecule has 1 unspecified atom stereocenters. The summed E-state index contributed by atoms with van der Waals surface area (Å²) in [6, 6.07) is 4.98. The zero-order valence-electron chi connectivity index (χ0n) is 8.23. The van der Waals surface area contributed by atoms with E-state index < -0.39 is 15.5 Å². The van der Waals surface area contributed by atoms with E-state index in [1.807, 2.05) is 0 Å². The summed E-state index contributed by atoms with van der Waals surface area (Å²) in [5, 5.41) is -1.11. The zero-order chi connectivity index (χ0) is 11.1. The van der Waals surface area contributed by atoms with Crippen molar-refractivity contribution in [3.8, 4) is 5.75 Å². The summed E-state index contributed by atoms with van der Waals surface area (Å²) in [5.74, 6) is 0.766. The summed E-state index contributed by atoms with van der Waals surface area (Å²) >= 11 is 0. The van der Waals surface area contributed by atoms with Crippen molar-refractivity contribution >= 4 is 10.2 Å². The molecule has 1 aliphatic heterocycles. The topological polar surface area (TPSA) is 43.4 Å². The summed E-state index contributed by atoms with van der Waals surface area (Å²) in [7, 11) is -4.51. The SMILES string of the molecule is CC(c1ccc2c(c1)CCO2)S(=O)(=O)F. The lowest BCUT2D eigenvalue weighted by molar-refractivity contribution is 0.357. The highest BCUT2D eigenvalue weighted by atomic mass is 32.3. The van der Waals surface area contributed by atoms with Crippen LogP contribution in [0.15, 0.2) is 18.2 Å². The molecule has 5 heteroatoms. The van der Waals surface area contributed by atoms with Crippen molar-refractivity contribution in [1.29, 1.82) is 0 Å². The van der Waals surface area contributed by atoms with Gasteiger partial charge in [0.05, 0.1) is 6.61 Å². The molecule has 3 nitrogen and oxygen atoms in total. The van der Waals surface area contributed by atoms with E-state index in [-0.39, 0.29) is 0 Å². The van der Waals surface area contributed by atoms with Gasteiger partial charge in [-0.2, -0.15) is 8.42 Å². The minimum atomic E-state index is -4.51. The highest BCUT2D eigenvalue weighted by Crippen LogP contribution is 2.31. The normalized spacial score (nSPS) is 16.9. The molecule has 0 aliphatic carbocycles. The average molecular weight is 230 g/mol. The van der Waals surface area contributed by atoms with Gasteiger partial charge in [-0.25, -0.2) is 0 Å². The van der Waals surface area contributed by atoms with E-state index in [2.05, 4.69) is 0 Å². The van der Waals surface area contributed by atoms with Gasteiger partial charge in [-0.1, -0.05) is 12.1 Å². The summed E-state index contributed by atoms with van der Waals surface area (Å²) in [6.45, 7) is 1.95. The fraction of sp³-hybridized carbons (Fsp3) is 0.400. The Balaban J connectivity index is 2.39. The molecule has 0 saturated carbocycles. The third-order valence-electron chi connectivity index (χ3n) is 2.61. The Hall–Kier alpha value is -1.10. The van der Waals surface area contributed by atoms with Crippen molar-refractivity contribution in [3.63, 3.8) is 0 Å². The number of hydrogen-bond acceptors (Lipinski definition) is 3. The quantitative estimate of drug-likeness (QED) is 0.730. The molecular formula is C10H11FO3S. The molecule has 0 N–H and O–H groups in total. The molecule has 1 heterocycles. The van der Waals surface area contributed by atoms with Gasteiger partial charge in [0.25, 0.3) is 0 Å². The molecule has 15 heavy (non-hydrogen) atoms. The molecule has 1 aromatic carbocycles. The Bertz CT molecular complexity index is 481. The highest BCUT2D eigenvalue weighted by Gasteiger charge is 2.23. The van der Waals surface area contributed by atoms with Crippen LogP contribution in [-0.2, 0) is 16.6 Å². The fourth-order valence-electron chi connectivity index (χ4n) is 1.62. The van der Waals surface area contributed by atoms with E-state index >= 15 is 0 Å². The molecule has 0 fully saturated rings. The standard InChI is InChI=1S/C10H11FO3S/c1-7(15(11,12)13)8-2-3-10-9(6-8)4-5-14-10/h2-3,6-7H,4-5H2,1H3. The first kappa shape index (κ1) is 10.4. The summed E-state index contributed by atoms with van der Waals surface area (Å²) in [6.07, 6.45) is 0.752. The third kappa shape index (κ3) is 1.97. The average Bonchev–Trinajstić information content (AvgIpc) is 2.61. The van der Waals surface area contributed by atoms with E-state index in [4.69, 9.17) is 4.74 Å². The van der Waals surface area contributed by atoms with E-state index in [9.17, 15) is 12.3 Å². The van der Waals surface area contributed by atoms with Gasteiger partial charge < -0.3 is 4.74 Å². The van der Waals surface area contributed by atoms with Gasteiger partial charge in [-0.05, 0) is 24.1 Å². The monoisotopic (exact) mass is 230 g/mol. The summed E-state index contributed by atoms with van der Waals surface area (Å²) in [4.78, 5) is 0. The van der Waals surface area contributed by atoms with Crippen molar-refractivity contribution in [2.75, 3.05) is 6.61 Å². The van der Waals surface area contributed by atoms with E-state index in [1.54, 1.807) is 18.2 Å². The van der Waals surface area contributed by atoms with Crippen LogP contribution in [0.1, 0.15) is 23.3 Å². The van der Waals surface area contributed by atoms with Crippen molar-refractivity contribution < 1.29 is 17.0 Å². The van der Waals surface area contributed by atoms with E-state index in [0.29, 0.717) is 12.2 Å². The minimum Gasteiger partial charge on any atom is -0.493 e. The van der Waals surface area contributed by atoms with Gasteiger partial charge >= 0.3 is 10.2 Å². The van der Waals surface area contributed by atoms with Crippen LogP contribution in [-0.4, -0.2) is 15.0 Å². The van der Waals surface area contributed by atoms with Crippen LogP contribution in [0.2, 0.25) is 0 Å². The first-order chi connectivity index (χ1) is 6.98. The lowest BCUT2D eigenvalue weighted by Gasteiger charge is -2.08. The second-order valence-electron chi connectivity index (χ2n) is 3.58. The highest BCUT2D eigenvalue weighted by molar-refractivity contribution is 7.86. The van der Waals surface area contributed by atoms with Crippen molar-refractivity contribution in [3.05, 3.63) is 29.3 Å². The van der Waals surface area contributed by atoms with Crippen LogP contribution < -0.4 is 4.74 Å². The van der Waals surface area contributed by atoms with Crippen LogP contribution in [0.25, 0.3) is 0 Å². The van der Waals surface area contributed by atoms with Crippen molar-refractivity contribution in [2.45, 2.75) is 18.6 Å². The predicted octanol–water partition coefficient (Wildman–Crippen LogP) is 1.98. The number of rotatable bonds is 2. The fourth-order valence-corrected chi connectivity index (χ4v) is 2.09. The van der Waals surface area contributed by atoms with Crippen LogP contribution >= 0.6 is 0 Å². The Morgan fingerprint density at radius 2 is 2.20 bits per heavy atom. The first-order valence-electron chi connectivity index (χ1n) is 4.67. The molecule has 1 atom stereocenters. The second-order valence-corrected chi connectivity index (χ2v) is 5.24. The number of ether oxygens (including phenoxy) is 1. The molecule has 0 radical (unpaired) electrons. The van der Waals surface area contributed by atoms with E-state index in [0.717, 1.165) is 17.7 Å². The molecule has 1 aromatic rings. The minimum absolute atomic E-state index is 0.474. The van der Waals surface area contributed by atoms with Gasteiger partial charge in [-0.15, -0.1) is 3.89 Å². The Morgan fingerprint density at radius 3 is 2.87 bits per heavy atom. The molecular weight excluding hydrogens is 219 g/mol. The van der Waals surface area contributed by atoms with Crippen LogP contribution in [0.3, 0.4) is 0 Å². The molecule has 0 spiro atoms. The molecule has 0 amide bonds. The van der Waals surface area contributed by atoms with Crippen LogP contribution in [0.5, 0.6) is 5.75 Å². The Kier molecular flexibility index (Phi) is 2.42. The molecule has 0 bridgehead atoms. The number of hydrogen-bond donors (Lipinski definition) is 0. The Labute approximate surface area is 88.1 Å². The molecule has 2 rings (SSSR count). The maximum atomic E-state index is 12.8. The molecule has 0 saturated heterocycles. The van der Waals surface area contributed by atoms with Gasteiger partial charge in [-0.3, -0.25) is 0 Å². The molecule has 0 aromatic heterocycles.